The van der Waals surface area contributed by atoms with Gasteiger partial charge in [-0.25, -0.2) is 0 Å². The molecule has 0 aromatic heterocycles. The normalized spacial score (nSPS) is 22.6. The maximum Gasteiger partial charge on any atom is 0.311 e. The van der Waals surface area contributed by atoms with Gasteiger partial charge in [-0.1, -0.05) is 6.07 Å². The minimum absolute atomic E-state index is 0.0326. The molecular formula is C14H18N2O4. The Kier molecular flexibility index (Phi) is 3.65. The van der Waals surface area contributed by atoms with Crippen molar-refractivity contribution in [2.24, 2.45) is 5.41 Å². The minimum Gasteiger partial charge on any atom is -0.481 e. The van der Waals surface area contributed by atoms with Crippen LogP contribution in [0.2, 0.25) is 0 Å². The summed E-state index contributed by atoms with van der Waals surface area (Å²) in [6, 6.07) is 4.94. The van der Waals surface area contributed by atoms with Gasteiger partial charge < -0.3 is 10.0 Å². The summed E-state index contributed by atoms with van der Waals surface area (Å²) in [5.41, 5.74) is 0.621. The number of nitro groups is 1. The molecular weight excluding hydrogens is 260 g/mol. The molecule has 1 aromatic rings. The van der Waals surface area contributed by atoms with Gasteiger partial charge in [0, 0.05) is 19.2 Å². The fourth-order valence-electron chi connectivity index (χ4n) is 2.66. The van der Waals surface area contributed by atoms with Crippen LogP contribution in [0.25, 0.3) is 0 Å². The van der Waals surface area contributed by atoms with Gasteiger partial charge in [-0.2, -0.15) is 0 Å². The lowest BCUT2D eigenvalue weighted by atomic mass is 9.82. The van der Waals surface area contributed by atoms with Crippen molar-refractivity contribution in [1.29, 1.82) is 0 Å². The van der Waals surface area contributed by atoms with Crippen molar-refractivity contribution < 1.29 is 14.8 Å². The fraction of sp³-hybridized carbons (Fsp3) is 0.500. The van der Waals surface area contributed by atoms with E-state index >= 15 is 0 Å². The number of carboxylic acid groups (broad SMARTS) is 1. The largest absolute Gasteiger partial charge is 0.481 e. The van der Waals surface area contributed by atoms with Gasteiger partial charge in [0.05, 0.1) is 10.3 Å². The number of nitro benzene ring substituents is 1. The molecule has 0 saturated carbocycles. The molecule has 0 amide bonds. The number of hydrogen-bond acceptors (Lipinski definition) is 4. The van der Waals surface area contributed by atoms with Gasteiger partial charge in [-0.05, 0) is 38.3 Å². The van der Waals surface area contributed by atoms with Crippen LogP contribution in [0.4, 0.5) is 11.4 Å². The standard InChI is InChI=1S/C14H18N2O4/c1-10-4-5-11(16(19)20)12(8-10)15-7-3-6-14(2,9-15)13(17)18/h4-5,8H,3,6-7,9H2,1-2H3,(H,17,18). The van der Waals surface area contributed by atoms with Crippen molar-refractivity contribution in [2.45, 2.75) is 26.7 Å². The number of carboxylic acids is 1. The van der Waals surface area contributed by atoms with E-state index in [-0.39, 0.29) is 5.69 Å². The first kappa shape index (κ1) is 14.3. The summed E-state index contributed by atoms with van der Waals surface area (Å²) >= 11 is 0. The molecule has 6 heteroatoms. The zero-order valence-corrected chi connectivity index (χ0v) is 11.6. The van der Waals surface area contributed by atoms with Crippen LogP contribution in [0.5, 0.6) is 0 Å². The topological polar surface area (TPSA) is 83.7 Å². The van der Waals surface area contributed by atoms with E-state index in [1.807, 2.05) is 11.8 Å². The van der Waals surface area contributed by atoms with Crippen molar-refractivity contribution in [3.8, 4) is 0 Å². The second-order valence-electron chi connectivity index (χ2n) is 5.64. The van der Waals surface area contributed by atoms with Crippen LogP contribution in [-0.2, 0) is 4.79 Å². The Bertz CT molecular complexity index is 558. The summed E-state index contributed by atoms with van der Waals surface area (Å²) in [4.78, 5) is 23.9. The predicted molar refractivity (Wildman–Crippen MR) is 75.0 cm³/mol. The number of benzene rings is 1. The highest BCUT2D eigenvalue weighted by atomic mass is 16.6. The van der Waals surface area contributed by atoms with Gasteiger partial charge in [0.25, 0.3) is 5.69 Å². The van der Waals surface area contributed by atoms with Crippen molar-refractivity contribution in [3.05, 3.63) is 33.9 Å². The summed E-state index contributed by atoms with van der Waals surface area (Å²) in [7, 11) is 0. The Hall–Kier alpha value is -2.11. The molecule has 1 N–H and O–H groups in total. The SMILES string of the molecule is Cc1ccc([N+](=O)[O-])c(N2CCCC(C)(C(=O)O)C2)c1. The molecule has 0 spiro atoms. The molecule has 1 aromatic carbocycles. The summed E-state index contributed by atoms with van der Waals surface area (Å²) in [5.74, 6) is -0.850. The molecule has 2 rings (SSSR count). The second-order valence-corrected chi connectivity index (χ2v) is 5.64. The second kappa shape index (κ2) is 5.11. The van der Waals surface area contributed by atoms with Gasteiger partial charge in [-0.3, -0.25) is 14.9 Å². The number of nitrogens with zero attached hydrogens (tertiary/aromatic N) is 2. The van der Waals surface area contributed by atoms with Crippen LogP contribution >= 0.6 is 0 Å². The molecule has 1 aliphatic rings. The molecule has 1 fully saturated rings. The monoisotopic (exact) mass is 278 g/mol. The molecule has 1 saturated heterocycles. The number of rotatable bonds is 3. The van der Waals surface area contributed by atoms with Gasteiger partial charge in [0.1, 0.15) is 5.69 Å². The molecule has 1 unspecified atom stereocenters. The first-order valence-electron chi connectivity index (χ1n) is 6.57. The van der Waals surface area contributed by atoms with E-state index in [1.54, 1.807) is 19.1 Å². The highest BCUT2D eigenvalue weighted by molar-refractivity contribution is 5.76. The molecule has 0 aliphatic carbocycles. The van der Waals surface area contributed by atoms with Gasteiger partial charge in [0.15, 0.2) is 0 Å². The van der Waals surface area contributed by atoms with Crippen LogP contribution < -0.4 is 4.90 Å². The highest BCUT2D eigenvalue weighted by Crippen LogP contribution is 2.36. The van der Waals surface area contributed by atoms with Crippen LogP contribution in [0.1, 0.15) is 25.3 Å². The molecule has 1 heterocycles. The Morgan fingerprint density at radius 1 is 1.50 bits per heavy atom. The third kappa shape index (κ3) is 2.59. The molecule has 6 nitrogen and oxygen atoms in total. The lowest BCUT2D eigenvalue weighted by Crippen LogP contribution is -2.46. The van der Waals surface area contributed by atoms with E-state index < -0.39 is 16.3 Å². The number of hydrogen-bond donors (Lipinski definition) is 1. The smallest absolute Gasteiger partial charge is 0.311 e. The van der Waals surface area contributed by atoms with Crippen LogP contribution in [0.15, 0.2) is 18.2 Å². The summed E-state index contributed by atoms with van der Waals surface area (Å²) in [6.45, 7) is 4.51. The van der Waals surface area contributed by atoms with Crippen molar-refractivity contribution in [1.82, 2.24) is 0 Å². The quantitative estimate of drug-likeness (QED) is 0.678. The molecule has 0 bridgehead atoms. The van der Waals surface area contributed by atoms with Crippen LogP contribution in [0, 0.1) is 22.5 Å². The molecule has 20 heavy (non-hydrogen) atoms. The van der Waals surface area contributed by atoms with Gasteiger partial charge >= 0.3 is 5.97 Å². The first-order chi connectivity index (χ1) is 9.33. The van der Waals surface area contributed by atoms with Crippen molar-refractivity contribution in [2.75, 3.05) is 18.0 Å². The lowest BCUT2D eigenvalue weighted by molar-refractivity contribution is -0.384. The van der Waals surface area contributed by atoms with Gasteiger partial charge in [-0.15, -0.1) is 0 Å². The Balaban J connectivity index is 2.38. The maximum atomic E-state index is 11.4. The number of aryl methyl sites for hydroxylation is 1. The zero-order chi connectivity index (χ0) is 14.9. The van der Waals surface area contributed by atoms with E-state index in [0.29, 0.717) is 31.6 Å². The van der Waals surface area contributed by atoms with E-state index in [0.717, 1.165) is 5.56 Å². The fourth-order valence-corrected chi connectivity index (χ4v) is 2.66. The van der Waals surface area contributed by atoms with E-state index in [2.05, 4.69) is 0 Å². The minimum atomic E-state index is -0.851. The number of carbonyl (C=O) groups is 1. The predicted octanol–water partition coefficient (Wildman–Crippen LogP) is 2.59. The van der Waals surface area contributed by atoms with E-state index in [1.165, 1.54) is 6.07 Å². The van der Waals surface area contributed by atoms with Crippen LogP contribution in [-0.4, -0.2) is 29.1 Å². The Morgan fingerprint density at radius 2 is 2.20 bits per heavy atom. The van der Waals surface area contributed by atoms with E-state index in [9.17, 15) is 20.0 Å². The molecule has 108 valence electrons. The zero-order valence-electron chi connectivity index (χ0n) is 11.6. The Labute approximate surface area is 117 Å². The third-order valence-corrected chi connectivity index (χ3v) is 3.88. The molecule has 1 atom stereocenters. The summed E-state index contributed by atoms with van der Waals surface area (Å²) in [6.07, 6.45) is 1.31. The lowest BCUT2D eigenvalue weighted by Gasteiger charge is -2.38. The number of anilines is 1. The maximum absolute atomic E-state index is 11.4. The molecule has 0 radical (unpaired) electrons. The molecule has 1 aliphatic heterocycles. The average molecular weight is 278 g/mol. The van der Waals surface area contributed by atoms with Crippen molar-refractivity contribution >= 4 is 17.3 Å². The average Bonchev–Trinajstić information content (AvgIpc) is 2.38. The van der Waals surface area contributed by atoms with Crippen LogP contribution in [0.3, 0.4) is 0 Å². The van der Waals surface area contributed by atoms with E-state index in [4.69, 9.17) is 0 Å². The Morgan fingerprint density at radius 3 is 2.80 bits per heavy atom. The summed E-state index contributed by atoms with van der Waals surface area (Å²) in [5, 5.41) is 20.5. The first-order valence-corrected chi connectivity index (χ1v) is 6.57. The van der Waals surface area contributed by atoms with Gasteiger partial charge in [0.2, 0.25) is 0 Å². The number of piperidine rings is 1. The third-order valence-electron chi connectivity index (χ3n) is 3.88. The summed E-state index contributed by atoms with van der Waals surface area (Å²) < 4.78 is 0. The highest BCUT2D eigenvalue weighted by Gasteiger charge is 2.39. The van der Waals surface area contributed by atoms with Crippen molar-refractivity contribution in [3.63, 3.8) is 0 Å². The number of aliphatic carboxylic acids is 1.